The van der Waals surface area contributed by atoms with Gasteiger partial charge in [-0.1, -0.05) is 40.0 Å². The van der Waals surface area contributed by atoms with Crippen LogP contribution in [0.4, 0.5) is 0 Å². The van der Waals surface area contributed by atoms with E-state index in [1.165, 1.54) is 32.1 Å². The molecule has 0 aromatic rings. The summed E-state index contributed by atoms with van der Waals surface area (Å²) >= 11 is 5.45. The summed E-state index contributed by atoms with van der Waals surface area (Å²) in [5.74, 6) is 0. The molecule has 1 aliphatic carbocycles. The summed E-state index contributed by atoms with van der Waals surface area (Å²) < 4.78 is 0. The largest absolute Gasteiger partial charge is 0.360 e. The summed E-state index contributed by atoms with van der Waals surface area (Å²) in [7, 11) is 0. The third-order valence-corrected chi connectivity index (χ3v) is 3.58. The molecule has 18 heavy (non-hydrogen) atoms. The molecule has 0 aromatic heterocycles. The Kier molecular flexibility index (Phi) is 5.45. The lowest BCUT2D eigenvalue weighted by Crippen LogP contribution is -2.52. The van der Waals surface area contributed by atoms with Crippen LogP contribution in [0.2, 0.25) is 0 Å². The van der Waals surface area contributed by atoms with Gasteiger partial charge in [0.15, 0.2) is 5.11 Å². The van der Waals surface area contributed by atoms with Crippen molar-refractivity contribution < 1.29 is 0 Å². The van der Waals surface area contributed by atoms with Crippen molar-refractivity contribution >= 4 is 17.3 Å². The van der Waals surface area contributed by atoms with E-state index < -0.39 is 0 Å². The summed E-state index contributed by atoms with van der Waals surface area (Å²) in [5.41, 5.74) is 0.369. The third-order valence-electron chi connectivity index (χ3n) is 3.36. The lowest BCUT2D eigenvalue weighted by Gasteiger charge is -2.35. The van der Waals surface area contributed by atoms with Gasteiger partial charge < -0.3 is 10.6 Å². The number of hydrogen-bond donors (Lipinski definition) is 2. The van der Waals surface area contributed by atoms with E-state index in [2.05, 4.69) is 45.3 Å². The van der Waals surface area contributed by atoms with Crippen LogP contribution in [0.1, 0.15) is 73.1 Å². The zero-order valence-corrected chi connectivity index (χ0v) is 13.5. The van der Waals surface area contributed by atoms with Crippen LogP contribution in [-0.2, 0) is 0 Å². The van der Waals surface area contributed by atoms with Crippen LogP contribution in [0.3, 0.4) is 0 Å². The van der Waals surface area contributed by atoms with E-state index in [1.54, 1.807) is 0 Å². The first-order chi connectivity index (χ1) is 8.18. The Morgan fingerprint density at radius 3 is 2.11 bits per heavy atom. The predicted molar refractivity (Wildman–Crippen MR) is 83.9 cm³/mol. The molecule has 1 aliphatic rings. The van der Waals surface area contributed by atoms with E-state index >= 15 is 0 Å². The molecule has 0 heterocycles. The van der Waals surface area contributed by atoms with Crippen LogP contribution < -0.4 is 10.6 Å². The van der Waals surface area contributed by atoms with Crippen LogP contribution in [0.5, 0.6) is 0 Å². The second-order valence-corrected chi connectivity index (χ2v) is 7.96. The average molecular weight is 270 g/mol. The maximum atomic E-state index is 5.45. The topological polar surface area (TPSA) is 24.1 Å². The highest BCUT2D eigenvalue weighted by molar-refractivity contribution is 7.80. The molecule has 1 saturated carbocycles. The van der Waals surface area contributed by atoms with Gasteiger partial charge in [0, 0.05) is 11.6 Å². The van der Waals surface area contributed by atoms with Gasteiger partial charge in [0.2, 0.25) is 0 Å². The smallest absolute Gasteiger partial charge is 0.166 e. The van der Waals surface area contributed by atoms with Gasteiger partial charge in [-0.3, -0.25) is 0 Å². The molecule has 2 nitrogen and oxygen atoms in total. The normalized spacial score (nSPS) is 18.5. The van der Waals surface area contributed by atoms with Crippen molar-refractivity contribution in [1.82, 2.24) is 10.6 Å². The molecule has 0 aliphatic heterocycles. The maximum Gasteiger partial charge on any atom is 0.166 e. The molecule has 106 valence electrons. The molecule has 0 spiro atoms. The Hall–Kier alpha value is -0.310. The van der Waals surface area contributed by atoms with Crippen molar-refractivity contribution in [2.24, 2.45) is 5.41 Å². The van der Waals surface area contributed by atoms with Crippen LogP contribution in [-0.4, -0.2) is 16.7 Å². The standard InChI is InChI=1S/C15H30N2S/c1-14(2,3)11-15(4,5)17-13(18)16-12-9-7-6-8-10-12/h12H,6-11H2,1-5H3,(H2,16,17,18). The molecule has 0 saturated heterocycles. The molecule has 0 bridgehead atoms. The minimum atomic E-state index is 0.0526. The second kappa shape index (κ2) is 6.23. The highest BCUT2D eigenvalue weighted by Crippen LogP contribution is 2.26. The molecule has 3 heteroatoms. The fourth-order valence-electron chi connectivity index (χ4n) is 3.15. The van der Waals surface area contributed by atoms with E-state index in [1.807, 2.05) is 0 Å². The Morgan fingerprint density at radius 1 is 1.06 bits per heavy atom. The zero-order chi connectivity index (χ0) is 13.8. The lowest BCUT2D eigenvalue weighted by molar-refractivity contribution is 0.265. The lowest BCUT2D eigenvalue weighted by atomic mass is 9.82. The molecule has 0 unspecified atom stereocenters. The predicted octanol–water partition coefficient (Wildman–Crippen LogP) is 4.00. The van der Waals surface area contributed by atoms with Crippen molar-refractivity contribution in [3.8, 4) is 0 Å². The molecule has 1 fully saturated rings. The molecule has 0 amide bonds. The summed E-state index contributed by atoms with van der Waals surface area (Å²) in [6, 6.07) is 0.587. The number of nitrogens with one attached hydrogen (secondary N) is 2. The van der Waals surface area contributed by atoms with Crippen molar-refractivity contribution in [1.29, 1.82) is 0 Å². The molecular weight excluding hydrogens is 240 g/mol. The maximum absolute atomic E-state index is 5.45. The van der Waals surface area contributed by atoms with E-state index in [0.29, 0.717) is 11.5 Å². The molecule has 0 radical (unpaired) electrons. The number of thiocarbonyl (C=S) groups is 1. The van der Waals surface area contributed by atoms with Crippen LogP contribution in [0.15, 0.2) is 0 Å². The number of rotatable bonds is 3. The van der Waals surface area contributed by atoms with Crippen LogP contribution in [0, 0.1) is 5.41 Å². The highest BCUT2D eigenvalue weighted by Gasteiger charge is 2.26. The van der Waals surface area contributed by atoms with E-state index in [4.69, 9.17) is 12.2 Å². The van der Waals surface area contributed by atoms with E-state index in [9.17, 15) is 0 Å². The minimum Gasteiger partial charge on any atom is -0.360 e. The first kappa shape index (κ1) is 15.7. The quantitative estimate of drug-likeness (QED) is 0.758. The summed E-state index contributed by atoms with van der Waals surface area (Å²) in [6.45, 7) is 11.3. The molecule has 1 rings (SSSR count). The van der Waals surface area contributed by atoms with E-state index in [0.717, 1.165) is 11.5 Å². The van der Waals surface area contributed by atoms with Gasteiger partial charge in [-0.05, 0) is 50.7 Å². The van der Waals surface area contributed by atoms with Crippen molar-refractivity contribution in [3.63, 3.8) is 0 Å². The van der Waals surface area contributed by atoms with Gasteiger partial charge in [0.25, 0.3) is 0 Å². The number of hydrogen-bond acceptors (Lipinski definition) is 1. The van der Waals surface area contributed by atoms with Crippen molar-refractivity contribution in [3.05, 3.63) is 0 Å². The fourth-order valence-corrected chi connectivity index (χ4v) is 3.59. The Balaban J connectivity index is 2.38. The first-order valence-electron chi connectivity index (χ1n) is 7.27. The minimum absolute atomic E-state index is 0.0526. The van der Waals surface area contributed by atoms with Gasteiger partial charge in [-0.2, -0.15) is 0 Å². The molecular formula is C15H30N2S. The summed E-state index contributed by atoms with van der Waals surface area (Å²) in [6.07, 6.45) is 7.70. The van der Waals surface area contributed by atoms with Crippen molar-refractivity contribution in [2.75, 3.05) is 0 Å². The van der Waals surface area contributed by atoms with Gasteiger partial charge >= 0.3 is 0 Å². The van der Waals surface area contributed by atoms with Crippen LogP contribution >= 0.6 is 12.2 Å². The average Bonchev–Trinajstić information content (AvgIpc) is 2.13. The van der Waals surface area contributed by atoms with Crippen LogP contribution in [0.25, 0.3) is 0 Å². The highest BCUT2D eigenvalue weighted by atomic mass is 32.1. The Labute approximate surface area is 118 Å². The first-order valence-corrected chi connectivity index (χ1v) is 7.67. The molecule has 0 atom stereocenters. The third kappa shape index (κ3) is 6.58. The Bertz CT molecular complexity index is 273. The SMILES string of the molecule is CC(C)(C)CC(C)(C)NC(=S)NC1CCCCC1. The summed E-state index contributed by atoms with van der Waals surface area (Å²) in [5, 5.41) is 7.79. The van der Waals surface area contributed by atoms with Gasteiger partial charge in [0.05, 0.1) is 0 Å². The fraction of sp³-hybridized carbons (Fsp3) is 0.933. The monoisotopic (exact) mass is 270 g/mol. The van der Waals surface area contributed by atoms with Gasteiger partial charge in [-0.15, -0.1) is 0 Å². The van der Waals surface area contributed by atoms with Gasteiger partial charge in [-0.25, -0.2) is 0 Å². The Morgan fingerprint density at radius 2 is 1.61 bits per heavy atom. The zero-order valence-electron chi connectivity index (χ0n) is 12.7. The van der Waals surface area contributed by atoms with Crippen molar-refractivity contribution in [2.45, 2.75) is 84.7 Å². The second-order valence-electron chi connectivity index (χ2n) is 7.55. The molecule has 0 aromatic carbocycles. The summed E-state index contributed by atoms with van der Waals surface area (Å²) in [4.78, 5) is 0. The van der Waals surface area contributed by atoms with Gasteiger partial charge in [0.1, 0.15) is 0 Å². The molecule has 2 N–H and O–H groups in total. The van der Waals surface area contributed by atoms with E-state index in [-0.39, 0.29) is 5.54 Å².